The topological polar surface area (TPSA) is 77.8 Å². The van der Waals surface area contributed by atoms with E-state index in [-0.39, 0.29) is 0 Å². The number of aliphatic hydroxyl groups is 1. The lowest BCUT2D eigenvalue weighted by Crippen LogP contribution is -2.25. The predicted molar refractivity (Wildman–Crippen MR) is 86.7 cm³/mol. The molecule has 2 N–H and O–H groups in total. The van der Waals surface area contributed by atoms with E-state index in [0.29, 0.717) is 12.6 Å². The Kier molecular flexibility index (Phi) is 5.15. The number of hydrogen-bond donors (Lipinski definition) is 2. The van der Waals surface area contributed by atoms with Crippen LogP contribution in [0.25, 0.3) is 11.1 Å². The second-order valence-corrected chi connectivity index (χ2v) is 5.05. The summed E-state index contributed by atoms with van der Waals surface area (Å²) in [5, 5.41) is 17.8. The summed E-state index contributed by atoms with van der Waals surface area (Å²) in [5.41, 5.74) is 2.96. The number of likely N-dealkylation sites (N-methyl/N-ethyl adjacent to an activating group) is 1. The maximum absolute atomic E-state index is 11.9. The first-order valence-corrected chi connectivity index (χ1v) is 7.01. The van der Waals surface area contributed by atoms with E-state index in [1.807, 2.05) is 54.6 Å². The Labute approximate surface area is 134 Å². The molecule has 0 bridgehead atoms. The largest absolute Gasteiger partial charge is 0.502 e. The van der Waals surface area contributed by atoms with Gasteiger partial charge >= 0.3 is 5.97 Å². The molecule has 0 aliphatic carbocycles. The van der Waals surface area contributed by atoms with Crippen LogP contribution >= 0.6 is 0 Å². The van der Waals surface area contributed by atoms with Gasteiger partial charge in [0.1, 0.15) is 0 Å². The van der Waals surface area contributed by atoms with Gasteiger partial charge in [-0.25, -0.2) is 4.79 Å². The van der Waals surface area contributed by atoms with Gasteiger partial charge < -0.3 is 15.1 Å². The average molecular weight is 311 g/mol. The van der Waals surface area contributed by atoms with Crippen LogP contribution < -0.4 is 0 Å². The molecule has 0 saturated carbocycles. The minimum absolute atomic E-state index is 0.299. The van der Waals surface area contributed by atoms with E-state index in [0.717, 1.165) is 16.7 Å². The fraction of sp³-hybridized carbons (Fsp3) is 0.111. The van der Waals surface area contributed by atoms with Gasteiger partial charge in [-0.3, -0.25) is 4.79 Å². The zero-order valence-corrected chi connectivity index (χ0v) is 12.6. The molecule has 0 saturated heterocycles. The van der Waals surface area contributed by atoms with Crippen LogP contribution in [0.5, 0.6) is 0 Å². The highest BCUT2D eigenvalue weighted by molar-refractivity contribution is 5.95. The van der Waals surface area contributed by atoms with Gasteiger partial charge in [0.15, 0.2) is 0 Å². The number of hydrogen-bond acceptors (Lipinski definition) is 3. The molecular weight excluding hydrogens is 294 g/mol. The van der Waals surface area contributed by atoms with Gasteiger partial charge in [0.25, 0.3) is 5.91 Å². The summed E-state index contributed by atoms with van der Waals surface area (Å²) < 4.78 is 0. The third-order valence-corrected chi connectivity index (χ3v) is 3.37. The number of aliphatic hydroxyl groups excluding tert-OH is 1. The first-order chi connectivity index (χ1) is 11.0. The number of benzene rings is 2. The number of carbonyl (C=O) groups excluding carboxylic acids is 1. The van der Waals surface area contributed by atoms with E-state index in [1.54, 1.807) is 7.05 Å². The second-order valence-electron chi connectivity index (χ2n) is 5.05. The van der Waals surface area contributed by atoms with Crippen molar-refractivity contribution in [2.45, 2.75) is 6.54 Å². The highest BCUT2D eigenvalue weighted by Crippen LogP contribution is 2.24. The van der Waals surface area contributed by atoms with Crippen LogP contribution in [-0.2, 0) is 16.1 Å². The Morgan fingerprint density at radius 2 is 1.61 bits per heavy atom. The summed E-state index contributed by atoms with van der Waals surface area (Å²) in [4.78, 5) is 23.9. The lowest BCUT2D eigenvalue weighted by atomic mass is 9.99. The van der Waals surface area contributed by atoms with Crippen molar-refractivity contribution in [1.82, 2.24) is 4.90 Å². The van der Waals surface area contributed by atoms with Crippen LogP contribution in [-0.4, -0.2) is 34.0 Å². The number of aliphatic carboxylic acids is 1. The van der Waals surface area contributed by atoms with Crippen molar-refractivity contribution in [1.29, 1.82) is 0 Å². The molecule has 0 unspecified atom stereocenters. The molecule has 0 spiro atoms. The van der Waals surface area contributed by atoms with Crippen LogP contribution in [0.3, 0.4) is 0 Å². The molecule has 0 atom stereocenters. The molecule has 2 aromatic carbocycles. The van der Waals surface area contributed by atoms with Gasteiger partial charge in [-0.1, -0.05) is 54.6 Å². The third-order valence-electron chi connectivity index (χ3n) is 3.37. The van der Waals surface area contributed by atoms with E-state index in [2.05, 4.69) is 0 Å². The van der Waals surface area contributed by atoms with Crippen molar-refractivity contribution in [2.24, 2.45) is 0 Å². The molecule has 2 rings (SSSR count). The Balaban J connectivity index is 2.23. The summed E-state index contributed by atoms with van der Waals surface area (Å²) in [6.45, 7) is 0.299. The molecule has 0 radical (unpaired) electrons. The van der Waals surface area contributed by atoms with Gasteiger partial charge in [-0.2, -0.15) is 0 Å². The normalized spacial score (nSPS) is 11.1. The molecule has 0 aliphatic rings. The zero-order valence-electron chi connectivity index (χ0n) is 12.6. The van der Waals surface area contributed by atoms with E-state index >= 15 is 0 Å². The first kappa shape index (κ1) is 16.3. The first-order valence-electron chi connectivity index (χ1n) is 7.01. The Hall–Kier alpha value is -3.08. The van der Waals surface area contributed by atoms with Crippen LogP contribution in [0.1, 0.15) is 5.56 Å². The molecule has 23 heavy (non-hydrogen) atoms. The van der Waals surface area contributed by atoms with Crippen LogP contribution in [0.4, 0.5) is 0 Å². The molecule has 2 aromatic rings. The van der Waals surface area contributed by atoms with E-state index < -0.39 is 17.6 Å². The number of carboxylic acid groups (broad SMARTS) is 1. The van der Waals surface area contributed by atoms with Crippen molar-refractivity contribution in [3.8, 4) is 11.1 Å². The lowest BCUT2D eigenvalue weighted by Gasteiger charge is -2.18. The molecule has 118 valence electrons. The SMILES string of the molecule is CN(Cc1ccccc1-c1ccccc1)C(=O)C=C(O)C(=O)O. The second kappa shape index (κ2) is 7.26. The molecule has 0 aliphatic heterocycles. The van der Waals surface area contributed by atoms with Gasteiger partial charge in [-0.15, -0.1) is 0 Å². The van der Waals surface area contributed by atoms with Crippen molar-refractivity contribution in [3.05, 3.63) is 72.0 Å². The number of carboxylic acids is 1. The molecule has 5 nitrogen and oxygen atoms in total. The molecule has 0 heterocycles. The molecule has 1 amide bonds. The number of nitrogens with zero attached hydrogens (tertiary/aromatic N) is 1. The Morgan fingerprint density at radius 1 is 1.00 bits per heavy atom. The maximum atomic E-state index is 11.9. The Bertz CT molecular complexity index is 738. The molecule has 0 aromatic heterocycles. The average Bonchev–Trinajstić information content (AvgIpc) is 2.56. The monoisotopic (exact) mass is 311 g/mol. The standard InChI is InChI=1S/C18H17NO4/c1-19(17(21)11-16(20)18(22)23)12-14-9-5-6-10-15(14)13-7-3-2-4-8-13/h2-11,20H,12H2,1H3,(H,22,23). The van der Waals surface area contributed by atoms with Crippen LogP contribution in [0.2, 0.25) is 0 Å². The fourth-order valence-corrected chi connectivity index (χ4v) is 2.18. The number of carbonyl (C=O) groups is 2. The van der Waals surface area contributed by atoms with Crippen LogP contribution in [0.15, 0.2) is 66.4 Å². The zero-order chi connectivity index (χ0) is 16.8. The van der Waals surface area contributed by atoms with Gasteiger partial charge in [0, 0.05) is 13.6 Å². The molecule has 5 heteroatoms. The Morgan fingerprint density at radius 3 is 2.26 bits per heavy atom. The number of amides is 1. The van der Waals surface area contributed by atoms with E-state index in [4.69, 9.17) is 10.2 Å². The van der Waals surface area contributed by atoms with Crippen molar-refractivity contribution in [2.75, 3.05) is 7.05 Å². The quantitative estimate of drug-likeness (QED) is 0.657. The van der Waals surface area contributed by atoms with Gasteiger partial charge in [0.05, 0.1) is 6.08 Å². The smallest absolute Gasteiger partial charge is 0.371 e. The van der Waals surface area contributed by atoms with E-state index in [1.165, 1.54) is 4.90 Å². The van der Waals surface area contributed by atoms with Gasteiger partial charge in [-0.05, 0) is 16.7 Å². The highest BCUT2D eigenvalue weighted by atomic mass is 16.4. The van der Waals surface area contributed by atoms with Crippen molar-refractivity contribution >= 4 is 11.9 Å². The fourth-order valence-electron chi connectivity index (χ4n) is 2.18. The van der Waals surface area contributed by atoms with Crippen molar-refractivity contribution in [3.63, 3.8) is 0 Å². The summed E-state index contributed by atoms with van der Waals surface area (Å²) >= 11 is 0. The summed E-state index contributed by atoms with van der Waals surface area (Å²) in [6, 6.07) is 17.5. The highest BCUT2D eigenvalue weighted by Gasteiger charge is 2.13. The van der Waals surface area contributed by atoms with Crippen molar-refractivity contribution < 1.29 is 19.8 Å². The minimum Gasteiger partial charge on any atom is -0.502 e. The summed E-state index contributed by atoms with van der Waals surface area (Å²) in [5.74, 6) is -3.08. The lowest BCUT2D eigenvalue weighted by molar-refractivity contribution is -0.136. The molecule has 0 fully saturated rings. The van der Waals surface area contributed by atoms with E-state index in [9.17, 15) is 9.59 Å². The third kappa shape index (κ3) is 4.20. The maximum Gasteiger partial charge on any atom is 0.371 e. The van der Waals surface area contributed by atoms with Gasteiger partial charge in [0.2, 0.25) is 5.76 Å². The molecular formula is C18H17NO4. The van der Waals surface area contributed by atoms with Crippen LogP contribution in [0, 0.1) is 0 Å². The summed E-state index contributed by atoms with van der Waals surface area (Å²) in [7, 11) is 1.55. The number of rotatable bonds is 5. The minimum atomic E-state index is -1.53. The summed E-state index contributed by atoms with van der Waals surface area (Å²) in [6.07, 6.45) is 0.702. The predicted octanol–water partition coefficient (Wildman–Crippen LogP) is 2.84.